The minimum absolute atomic E-state index is 0.0531. The third-order valence-corrected chi connectivity index (χ3v) is 2.51. The zero-order chi connectivity index (χ0) is 10.7. The lowest BCUT2D eigenvalue weighted by atomic mass is 9.97. The largest absolute Gasteiger partial charge is 0.356 e. The molecule has 75 valence electrons. The van der Waals surface area contributed by atoms with E-state index in [0.29, 0.717) is 12.0 Å². The fourth-order valence-corrected chi connectivity index (χ4v) is 1.73. The number of carbonyl (C=O) groups is 1. The molecule has 0 saturated carbocycles. The summed E-state index contributed by atoms with van der Waals surface area (Å²) in [6.07, 6.45) is 1.47. The summed E-state index contributed by atoms with van der Waals surface area (Å²) in [7, 11) is 0. The lowest BCUT2D eigenvalue weighted by Crippen LogP contribution is -2.19. The number of carbonyl (C=O) groups excluding carboxylic acids is 1. The zero-order valence-electron chi connectivity index (χ0n) is 8.29. The van der Waals surface area contributed by atoms with E-state index in [0.717, 1.165) is 24.4 Å². The maximum atomic E-state index is 11.3. The number of nitrogens with zero attached hydrogens (tertiary/aromatic N) is 1. The van der Waals surface area contributed by atoms with Crippen LogP contribution in [0.1, 0.15) is 17.5 Å². The number of rotatable bonds is 2. The van der Waals surface area contributed by atoms with Crippen LogP contribution in [0.3, 0.4) is 0 Å². The standard InChI is InChI=1S/C12H11N2O/c13-8-10-3-1-2-9(6-10)7-11-4-5-14-12(11)15/h1-3,6H,4-5,7H2,(H,14,15). The van der Waals surface area contributed by atoms with E-state index in [1.807, 2.05) is 18.2 Å². The number of hydrogen-bond donors (Lipinski definition) is 1. The van der Waals surface area contributed by atoms with Crippen LogP contribution in [0.4, 0.5) is 0 Å². The van der Waals surface area contributed by atoms with Gasteiger partial charge in [0.05, 0.1) is 17.6 Å². The van der Waals surface area contributed by atoms with E-state index in [4.69, 9.17) is 5.26 Å². The van der Waals surface area contributed by atoms with Crippen molar-refractivity contribution in [3.05, 3.63) is 41.3 Å². The molecular formula is C12H11N2O. The summed E-state index contributed by atoms with van der Waals surface area (Å²) >= 11 is 0. The van der Waals surface area contributed by atoms with Gasteiger partial charge in [0.2, 0.25) is 5.91 Å². The van der Waals surface area contributed by atoms with Crippen molar-refractivity contribution in [3.8, 4) is 6.07 Å². The van der Waals surface area contributed by atoms with Crippen LogP contribution in [-0.2, 0) is 11.2 Å². The third-order valence-electron chi connectivity index (χ3n) is 2.51. The second kappa shape index (κ2) is 4.14. The normalized spacial score (nSPS) is 16.1. The van der Waals surface area contributed by atoms with Crippen molar-refractivity contribution in [2.24, 2.45) is 0 Å². The Labute approximate surface area is 88.7 Å². The Morgan fingerprint density at radius 3 is 3.00 bits per heavy atom. The molecule has 0 atom stereocenters. The molecule has 0 aliphatic carbocycles. The monoisotopic (exact) mass is 199 g/mol. The third kappa shape index (κ3) is 2.16. The first kappa shape index (κ1) is 9.72. The van der Waals surface area contributed by atoms with Gasteiger partial charge in [-0.05, 0) is 30.5 Å². The van der Waals surface area contributed by atoms with Crippen LogP contribution >= 0.6 is 0 Å². The van der Waals surface area contributed by atoms with Gasteiger partial charge in [-0.25, -0.2) is 0 Å². The Morgan fingerprint density at radius 2 is 2.33 bits per heavy atom. The van der Waals surface area contributed by atoms with E-state index in [1.165, 1.54) is 0 Å². The fourth-order valence-electron chi connectivity index (χ4n) is 1.73. The fraction of sp³-hybridized carbons (Fsp3) is 0.250. The smallest absolute Gasteiger partial charge is 0.227 e. The van der Waals surface area contributed by atoms with Crippen LogP contribution < -0.4 is 5.32 Å². The molecule has 1 aliphatic heterocycles. The van der Waals surface area contributed by atoms with E-state index >= 15 is 0 Å². The average Bonchev–Trinajstić information content (AvgIpc) is 2.65. The lowest BCUT2D eigenvalue weighted by Gasteiger charge is -2.05. The molecule has 15 heavy (non-hydrogen) atoms. The molecule has 0 aromatic heterocycles. The molecule has 0 bridgehead atoms. The second-order valence-corrected chi connectivity index (χ2v) is 3.60. The van der Waals surface area contributed by atoms with Crippen molar-refractivity contribution in [1.82, 2.24) is 5.32 Å². The summed E-state index contributed by atoms with van der Waals surface area (Å²) in [5, 5.41) is 11.5. The topological polar surface area (TPSA) is 52.9 Å². The molecule has 1 amide bonds. The highest BCUT2D eigenvalue weighted by Crippen LogP contribution is 2.18. The second-order valence-electron chi connectivity index (χ2n) is 3.60. The van der Waals surface area contributed by atoms with Gasteiger partial charge >= 0.3 is 0 Å². The summed E-state index contributed by atoms with van der Waals surface area (Å²) in [5.41, 5.74) is 1.67. The van der Waals surface area contributed by atoms with Gasteiger partial charge in [0, 0.05) is 6.54 Å². The van der Waals surface area contributed by atoms with Crippen molar-refractivity contribution in [2.45, 2.75) is 12.8 Å². The molecule has 1 aromatic carbocycles. The highest BCUT2D eigenvalue weighted by molar-refractivity contribution is 5.92. The van der Waals surface area contributed by atoms with Crippen molar-refractivity contribution in [2.75, 3.05) is 6.54 Å². The van der Waals surface area contributed by atoms with Crippen molar-refractivity contribution >= 4 is 5.91 Å². The first-order valence-corrected chi connectivity index (χ1v) is 4.91. The predicted molar refractivity (Wildman–Crippen MR) is 55.7 cm³/mol. The first-order valence-electron chi connectivity index (χ1n) is 4.91. The van der Waals surface area contributed by atoms with Gasteiger partial charge in [-0.1, -0.05) is 12.1 Å². The number of amides is 1. The minimum Gasteiger partial charge on any atom is -0.356 e. The SMILES string of the molecule is N#Cc1cccc(C[C]2CCNC2=O)c1. The molecule has 1 fully saturated rings. The molecule has 0 spiro atoms. The zero-order valence-corrected chi connectivity index (χ0v) is 8.29. The maximum absolute atomic E-state index is 11.3. The van der Waals surface area contributed by atoms with Gasteiger partial charge in [-0.15, -0.1) is 0 Å². The van der Waals surface area contributed by atoms with Crippen LogP contribution in [0.2, 0.25) is 0 Å². The average molecular weight is 199 g/mol. The molecular weight excluding hydrogens is 188 g/mol. The Morgan fingerprint density at radius 1 is 1.47 bits per heavy atom. The summed E-state index contributed by atoms with van der Waals surface area (Å²) < 4.78 is 0. The van der Waals surface area contributed by atoms with Gasteiger partial charge in [-0.2, -0.15) is 5.26 Å². The molecule has 2 rings (SSSR count). The van der Waals surface area contributed by atoms with Crippen molar-refractivity contribution < 1.29 is 4.79 Å². The van der Waals surface area contributed by atoms with Crippen LogP contribution in [0.15, 0.2) is 24.3 Å². The number of hydrogen-bond acceptors (Lipinski definition) is 2. The molecule has 1 N–H and O–H groups in total. The quantitative estimate of drug-likeness (QED) is 0.778. The van der Waals surface area contributed by atoms with Crippen LogP contribution in [0.5, 0.6) is 0 Å². The molecule has 1 radical (unpaired) electrons. The van der Waals surface area contributed by atoms with Crippen LogP contribution in [0, 0.1) is 17.2 Å². The number of nitriles is 1. The van der Waals surface area contributed by atoms with Gasteiger partial charge in [0.25, 0.3) is 0 Å². The van der Waals surface area contributed by atoms with Crippen molar-refractivity contribution in [3.63, 3.8) is 0 Å². The Hall–Kier alpha value is -1.82. The van der Waals surface area contributed by atoms with Crippen molar-refractivity contribution in [1.29, 1.82) is 5.26 Å². The van der Waals surface area contributed by atoms with Gasteiger partial charge in [-0.3, -0.25) is 4.79 Å². The van der Waals surface area contributed by atoms with E-state index in [1.54, 1.807) is 6.07 Å². The lowest BCUT2D eigenvalue weighted by molar-refractivity contribution is -0.117. The number of benzene rings is 1. The van der Waals surface area contributed by atoms with Crippen LogP contribution in [0.25, 0.3) is 0 Å². The van der Waals surface area contributed by atoms with Gasteiger partial charge in [0.1, 0.15) is 0 Å². The Balaban J connectivity index is 2.10. The minimum atomic E-state index is 0.0531. The van der Waals surface area contributed by atoms with Crippen LogP contribution in [-0.4, -0.2) is 12.5 Å². The van der Waals surface area contributed by atoms with E-state index in [9.17, 15) is 4.79 Å². The number of nitrogens with one attached hydrogen (secondary N) is 1. The molecule has 3 nitrogen and oxygen atoms in total. The Bertz CT molecular complexity index is 420. The summed E-state index contributed by atoms with van der Waals surface area (Å²) in [4.78, 5) is 11.3. The molecule has 3 heteroatoms. The van der Waals surface area contributed by atoms with E-state index in [-0.39, 0.29) is 5.91 Å². The summed E-state index contributed by atoms with van der Waals surface area (Å²) in [5.74, 6) is 0.961. The molecule has 1 aliphatic rings. The molecule has 1 aromatic rings. The summed E-state index contributed by atoms with van der Waals surface area (Å²) in [6, 6.07) is 9.48. The van der Waals surface area contributed by atoms with Gasteiger partial charge in [0.15, 0.2) is 0 Å². The van der Waals surface area contributed by atoms with E-state index < -0.39 is 0 Å². The van der Waals surface area contributed by atoms with Gasteiger partial charge < -0.3 is 5.32 Å². The molecule has 1 heterocycles. The summed E-state index contributed by atoms with van der Waals surface area (Å²) in [6.45, 7) is 0.742. The Kier molecular flexibility index (Phi) is 2.68. The highest BCUT2D eigenvalue weighted by atomic mass is 16.2. The maximum Gasteiger partial charge on any atom is 0.227 e. The molecule has 0 unspecified atom stereocenters. The highest BCUT2D eigenvalue weighted by Gasteiger charge is 2.24. The predicted octanol–water partition coefficient (Wildman–Crippen LogP) is 1.20. The molecule has 1 saturated heterocycles. The first-order chi connectivity index (χ1) is 7.29. The van der Waals surface area contributed by atoms with E-state index in [2.05, 4.69) is 11.4 Å².